The lowest BCUT2D eigenvalue weighted by molar-refractivity contribution is -0.303. The van der Waals surface area contributed by atoms with Crippen molar-refractivity contribution in [2.75, 3.05) is 10.8 Å². The molecule has 0 spiro atoms. The molecule has 0 radical (unpaired) electrons. The fraction of sp³-hybridized carbons (Fsp3) is 0.111. The monoisotopic (exact) mass is 212 g/mol. The quantitative estimate of drug-likeness (QED) is 0.681. The maximum Gasteiger partial charge on any atom is 0.123 e. The molecule has 3 nitrogen and oxygen atoms in total. The highest BCUT2D eigenvalue weighted by Gasteiger charge is 2.14. The van der Waals surface area contributed by atoms with Crippen molar-refractivity contribution in [1.29, 1.82) is 0 Å². The topological polar surface area (TPSA) is 43.4 Å². The van der Waals surface area contributed by atoms with Gasteiger partial charge in [-0.1, -0.05) is 0 Å². The minimum absolute atomic E-state index is 0.157. The third-order valence-corrected chi connectivity index (χ3v) is 2.87. The molecule has 1 aromatic rings. The van der Waals surface area contributed by atoms with Crippen LogP contribution in [0.2, 0.25) is 0 Å². The minimum Gasteiger partial charge on any atom is -0.860 e. The molecular formula is C9H7FNO2S-. The van der Waals surface area contributed by atoms with Crippen LogP contribution in [-0.4, -0.2) is 10.1 Å². The number of anilines is 1. The van der Waals surface area contributed by atoms with Gasteiger partial charge >= 0.3 is 0 Å². The maximum absolute atomic E-state index is 12.6. The van der Waals surface area contributed by atoms with Crippen LogP contribution < -0.4 is 10.0 Å². The number of rotatable bonds is 1. The van der Waals surface area contributed by atoms with Crippen molar-refractivity contribution in [3.63, 3.8) is 0 Å². The average Bonchev–Trinajstić information content (AvgIpc) is 2.47. The Morgan fingerprint density at radius 1 is 1.36 bits per heavy atom. The highest BCUT2D eigenvalue weighted by molar-refractivity contribution is 7.88. The van der Waals surface area contributed by atoms with Gasteiger partial charge < -0.3 is 10.0 Å². The second-order valence-corrected chi connectivity index (χ2v) is 4.13. The predicted molar refractivity (Wildman–Crippen MR) is 50.0 cm³/mol. The smallest absolute Gasteiger partial charge is 0.123 e. The van der Waals surface area contributed by atoms with Crippen LogP contribution in [0.1, 0.15) is 0 Å². The Kier molecular flexibility index (Phi) is 2.25. The normalized spacial score (nSPS) is 21.1. The van der Waals surface area contributed by atoms with E-state index in [0.717, 1.165) is 5.41 Å². The maximum atomic E-state index is 12.6. The summed E-state index contributed by atoms with van der Waals surface area (Å²) in [5, 5.41) is 12.4. The lowest BCUT2D eigenvalue weighted by Crippen LogP contribution is -2.26. The Morgan fingerprint density at radius 3 is 2.50 bits per heavy atom. The third-order valence-electron chi connectivity index (χ3n) is 1.89. The third kappa shape index (κ3) is 1.63. The Hall–Kier alpha value is -1.36. The lowest BCUT2D eigenvalue weighted by Gasteiger charge is -2.24. The Labute approximate surface area is 82.9 Å². The molecular weight excluding hydrogens is 205 g/mol. The van der Waals surface area contributed by atoms with E-state index in [0.29, 0.717) is 5.69 Å². The molecule has 1 aliphatic rings. The summed E-state index contributed by atoms with van der Waals surface area (Å²) in [4.78, 5) is 1.36. The van der Waals surface area contributed by atoms with Gasteiger partial charge in [-0.05, 0) is 30.1 Å². The highest BCUT2D eigenvalue weighted by atomic mass is 32.2. The fourth-order valence-corrected chi connectivity index (χ4v) is 2.18. The lowest BCUT2D eigenvalue weighted by atomic mass is 10.3. The Morgan fingerprint density at radius 2 is 2.00 bits per heavy atom. The first-order chi connectivity index (χ1) is 6.66. The molecule has 1 aliphatic heterocycles. The van der Waals surface area contributed by atoms with Gasteiger partial charge in [0.15, 0.2) is 0 Å². The number of halogens is 1. The van der Waals surface area contributed by atoms with Crippen LogP contribution in [0.3, 0.4) is 0 Å². The first-order valence-electron chi connectivity index (χ1n) is 3.96. The van der Waals surface area contributed by atoms with Crippen molar-refractivity contribution in [2.45, 2.75) is 0 Å². The molecule has 0 amide bonds. The summed E-state index contributed by atoms with van der Waals surface area (Å²) in [6.45, 7) is 0. The van der Waals surface area contributed by atoms with Crippen molar-refractivity contribution in [1.82, 2.24) is 0 Å². The van der Waals surface area contributed by atoms with Gasteiger partial charge in [-0.2, -0.15) is 0 Å². The molecule has 74 valence electrons. The van der Waals surface area contributed by atoms with Crippen molar-refractivity contribution >= 4 is 16.5 Å². The molecule has 0 aliphatic carbocycles. The van der Waals surface area contributed by atoms with E-state index in [9.17, 15) is 13.7 Å². The number of benzene rings is 1. The van der Waals surface area contributed by atoms with Gasteiger partial charge in [0.1, 0.15) is 11.7 Å². The number of hydrogen-bond donors (Lipinski definition) is 0. The van der Waals surface area contributed by atoms with Gasteiger partial charge in [0.05, 0.1) is 10.8 Å². The standard InChI is InChI=1S/C9H8FNO2S/c10-7-1-3-8(4-2-7)11-6-14(13)5-9(11)12/h1-5,12H,6H2/p-1. The second kappa shape index (κ2) is 3.42. The van der Waals surface area contributed by atoms with E-state index in [1.165, 1.54) is 29.2 Å². The Bertz CT molecular complexity index is 402. The first kappa shape index (κ1) is 9.21. The van der Waals surface area contributed by atoms with E-state index in [2.05, 4.69) is 0 Å². The summed E-state index contributed by atoms with van der Waals surface area (Å²) < 4.78 is 23.6. The van der Waals surface area contributed by atoms with Crippen LogP contribution in [0.15, 0.2) is 35.6 Å². The van der Waals surface area contributed by atoms with Gasteiger partial charge in [0.25, 0.3) is 0 Å². The van der Waals surface area contributed by atoms with Gasteiger partial charge in [-0.15, -0.1) is 0 Å². The van der Waals surface area contributed by atoms with E-state index >= 15 is 0 Å². The van der Waals surface area contributed by atoms with E-state index in [1.807, 2.05) is 0 Å². The van der Waals surface area contributed by atoms with Gasteiger partial charge in [-0.25, -0.2) is 4.39 Å². The molecule has 0 saturated carbocycles. The molecule has 0 fully saturated rings. The summed E-state index contributed by atoms with van der Waals surface area (Å²) in [5.74, 6) is -0.495. The molecule has 5 heteroatoms. The van der Waals surface area contributed by atoms with Crippen LogP contribution >= 0.6 is 0 Å². The summed E-state index contributed by atoms with van der Waals surface area (Å²) in [6, 6.07) is 5.51. The SMILES string of the molecule is O=S1C=C([O-])N(c2ccc(F)cc2)C1. The zero-order valence-electron chi connectivity index (χ0n) is 7.14. The summed E-state index contributed by atoms with van der Waals surface area (Å²) >= 11 is 0. The van der Waals surface area contributed by atoms with E-state index in [1.54, 1.807) is 0 Å². The molecule has 14 heavy (non-hydrogen) atoms. The van der Waals surface area contributed by atoms with Crippen LogP contribution in [0.5, 0.6) is 0 Å². The molecule has 0 N–H and O–H groups in total. The molecule has 1 aromatic carbocycles. The highest BCUT2D eigenvalue weighted by Crippen LogP contribution is 2.21. The van der Waals surface area contributed by atoms with Gasteiger partial charge in [0, 0.05) is 11.1 Å². The largest absolute Gasteiger partial charge is 0.860 e. The van der Waals surface area contributed by atoms with Crippen LogP contribution in [0.25, 0.3) is 0 Å². The summed E-state index contributed by atoms with van der Waals surface area (Å²) in [7, 11) is -1.23. The van der Waals surface area contributed by atoms with Gasteiger partial charge in [-0.3, -0.25) is 4.21 Å². The Balaban J connectivity index is 2.29. The van der Waals surface area contributed by atoms with Crippen LogP contribution in [-0.2, 0) is 10.8 Å². The molecule has 0 saturated heterocycles. The molecule has 1 unspecified atom stereocenters. The number of nitrogens with zero attached hydrogens (tertiary/aromatic N) is 1. The van der Waals surface area contributed by atoms with Crippen molar-refractivity contribution < 1.29 is 13.7 Å². The first-order valence-corrected chi connectivity index (χ1v) is 5.34. The molecule has 1 atom stereocenters. The molecule has 0 aromatic heterocycles. The fourth-order valence-electron chi connectivity index (χ4n) is 1.23. The second-order valence-electron chi connectivity index (χ2n) is 2.87. The predicted octanol–water partition coefficient (Wildman–Crippen LogP) is 0.511. The van der Waals surface area contributed by atoms with Crippen molar-refractivity contribution in [2.24, 2.45) is 0 Å². The zero-order valence-corrected chi connectivity index (χ0v) is 7.96. The van der Waals surface area contributed by atoms with Crippen LogP contribution in [0, 0.1) is 5.82 Å². The number of hydrogen-bond acceptors (Lipinski definition) is 3. The van der Waals surface area contributed by atoms with E-state index in [-0.39, 0.29) is 17.6 Å². The molecule has 2 rings (SSSR count). The summed E-state index contributed by atoms with van der Waals surface area (Å²) in [5.41, 5.74) is 0.568. The minimum atomic E-state index is -1.23. The van der Waals surface area contributed by atoms with Crippen molar-refractivity contribution in [3.8, 4) is 0 Å². The average molecular weight is 212 g/mol. The van der Waals surface area contributed by atoms with Crippen molar-refractivity contribution in [3.05, 3.63) is 41.4 Å². The van der Waals surface area contributed by atoms with Crippen LogP contribution in [0.4, 0.5) is 10.1 Å². The molecule has 1 heterocycles. The van der Waals surface area contributed by atoms with Gasteiger partial charge in [0.2, 0.25) is 0 Å². The molecule has 0 bridgehead atoms. The van der Waals surface area contributed by atoms with E-state index < -0.39 is 10.8 Å². The zero-order chi connectivity index (χ0) is 10.1. The van der Waals surface area contributed by atoms with E-state index in [4.69, 9.17) is 0 Å². The summed E-state index contributed by atoms with van der Waals surface area (Å²) in [6.07, 6.45) is 0.